The Hall–Kier alpha value is -4.58. The van der Waals surface area contributed by atoms with E-state index in [1.807, 2.05) is 30.6 Å². The maximum atomic E-state index is 11.7. The van der Waals surface area contributed by atoms with E-state index < -0.39 is 0 Å². The average molecular weight is 477 g/mol. The van der Waals surface area contributed by atoms with Gasteiger partial charge in [-0.3, -0.25) is 4.40 Å². The first-order valence-electron chi connectivity index (χ1n) is 11.8. The lowest BCUT2D eigenvalue weighted by Crippen LogP contribution is -2.15. The number of esters is 1. The summed E-state index contributed by atoms with van der Waals surface area (Å²) in [5.74, 6) is 1.23. The standard InChI is InChI=1S/C30H24N2O4/c1-19-24(22-10-11-27-28(16-22)36-15-14-35-27)4-3-5-25(19)23-12-13-32-26(18-31-29(32)17-23)20-6-8-21(9-7-20)30(33)34-2/h3-13,16-18H,14-15H2,1-2H3. The predicted molar refractivity (Wildman–Crippen MR) is 139 cm³/mol. The molecule has 6 rings (SSSR count). The summed E-state index contributed by atoms with van der Waals surface area (Å²) < 4.78 is 18.3. The first-order chi connectivity index (χ1) is 17.6. The van der Waals surface area contributed by atoms with E-state index in [1.54, 1.807) is 12.1 Å². The van der Waals surface area contributed by atoms with Gasteiger partial charge in [-0.2, -0.15) is 0 Å². The van der Waals surface area contributed by atoms with E-state index in [0.29, 0.717) is 18.8 Å². The molecule has 0 spiro atoms. The number of aromatic nitrogens is 2. The van der Waals surface area contributed by atoms with E-state index in [4.69, 9.17) is 14.2 Å². The molecule has 2 aromatic heterocycles. The van der Waals surface area contributed by atoms with E-state index in [1.165, 1.54) is 12.7 Å². The summed E-state index contributed by atoms with van der Waals surface area (Å²) in [6.07, 6.45) is 3.89. The smallest absolute Gasteiger partial charge is 0.337 e. The topological polar surface area (TPSA) is 62.1 Å². The van der Waals surface area contributed by atoms with Gasteiger partial charge in [-0.1, -0.05) is 36.4 Å². The van der Waals surface area contributed by atoms with Crippen LogP contribution in [0.5, 0.6) is 11.5 Å². The summed E-state index contributed by atoms with van der Waals surface area (Å²) in [4.78, 5) is 16.4. The van der Waals surface area contributed by atoms with Crippen molar-refractivity contribution >= 4 is 11.6 Å². The number of hydrogen-bond acceptors (Lipinski definition) is 5. The van der Waals surface area contributed by atoms with Gasteiger partial charge in [0.2, 0.25) is 0 Å². The third kappa shape index (κ3) is 3.77. The van der Waals surface area contributed by atoms with Crippen LogP contribution in [0.2, 0.25) is 0 Å². The molecule has 1 aliphatic heterocycles. The molecule has 0 atom stereocenters. The van der Waals surface area contributed by atoms with Crippen LogP contribution < -0.4 is 9.47 Å². The molecule has 178 valence electrons. The molecule has 6 nitrogen and oxygen atoms in total. The van der Waals surface area contributed by atoms with Crippen molar-refractivity contribution in [2.24, 2.45) is 0 Å². The molecule has 0 unspecified atom stereocenters. The number of methoxy groups -OCH3 is 1. The summed E-state index contributed by atoms with van der Waals surface area (Å²) >= 11 is 0. The molecule has 0 saturated heterocycles. The summed E-state index contributed by atoms with van der Waals surface area (Å²) in [5.41, 5.74) is 8.97. The van der Waals surface area contributed by atoms with Crippen LogP contribution in [0.1, 0.15) is 15.9 Å². The van der Waals surface area contributed by atoms with Gasteiger partial charge in [0.15, 0.2) is 11.5 Å². The van der Waals surface area contributed by atoms with Crippen molar-refractivity contribution in [1.29, 1.82) is 0 Å². The Labute approximate surface area is 208 Å². The molecule has 0 radical (unpaired) electrons. The normalized spacial score (nSPS) is 12.5. The van der Waals surface area contributed by atoms with Gasteiger partial charge in [0.05, 0.1) is 24.6 Å². The molecular formula is C30H24N2O4. The molecule has 3 aromatic carbocycles. The van der Waals surface area contributed by atoms with Crippen LogP contribution in [-0.4, -0.2) is 35.7 Å². The van der Waals surface area contributed by atoms with E-state index >= 15 is 0 Å². The Bertz CT molecular complexity index is 1600. The van der Waals surface area contributed by atoms with Gasteiger partial charge < -0.3 is 14.2 Å². The fourth-order valence-electron chi connectivity index (χ4n) is 4.73. The zero-order valence-corrected chi connectivity index (χ0v) is 20.0. The molecule has 0 aliphatic carbocycles. The maximum absolute atomic E-state index is 11.7. The minimum atomic E-state index is -0.349. The molecular weight excluding hydrogens is 452 g/mol. The number of carbonyl (C=O) groups excluding carboxylic acids is 1. The van der Waals surface area contributed by atoms with Crippen LogP contribution in [0.15, 0.2) is 85.2 Å². The lowest BCUT2D eigenvalue weighted by Gasteiger charge is -2.19. The third-order valence-corrected chi connectivity index (χ3v) is 6.61. The van der Waals surface area contributed by atoms with Crippen LogP contribution in [0.4, 0.5) is 0 Å². The largest absolute Gasteiger partial charge is 0.486 e. The van der Waals surface area contributed by atoms with Gasteiger partial charge >= 0.3 is 5.97 Å². The highest BCUT2D eigenvalue weighted by molar-refractivity contribution is 5.90. The number of ether oxygens (including phenoxy) is 3. The molecule has 6 heteroatoms. The fourth-order valence-corrected chi connectivity index (χ4v) is 4.73. The van der Waals surface area contributed by atoms with E-state index in [-0.39, 0.29) is 5.97 Å². The van der Waals surface area contributed by atoms with Crippen LogP contribution in [-0.2, 0) is 4.74 Å². The van der Waals surface area contributed by atoms with Crippen molar-refractivity contribution in [2.75, 3.05) is 20.3 Å². The number of imidazole rings is 1. The molecule has 1 aliphatic rings. The summed E-state index contributed by atoms with van der Waals surface area (Å²) in [6, 6.07) is 24.0. The number of fused-ring (bicyclic) bond motifs is 2. The first-order valence-corrected chi connectivity index (χ1v) is 11.8. The van der Waals surface area contributed by atoms with E-state index in [9.17, 15) is 4.79 Å². The number of carbonyl (C=O) groups is 1. The highest BCUT2D eigenvalue weighted by atomic mass is 16.6. The Morgan fingerprint density at radius 3 is 2.31 bits per heavy atom. The Kier molecular flexibility index (Phi) is 5.41. The minimum absolute atomic E-state index is 0.349. The van der Waals surface area contributed by atoms with Gasteiger partial charge in [-0.15, -0.1) is 0 Å². The van der Waals surface area contributed by atoms with Crippen LogP contribution in [0.25, 0.3) is 39.2 Å². The minimum Gasteiger partial charge on any atom is -0.486 e. The van der Waals surface area contributed by atoms with Gasteiger partial charge in [-0.25, -0.2) is 9.78 Å². The maximum Gasteiger partial charge on any atom is 0.337 e. The number of benzene rings is 3. The molecule has 0 amide bonds. The Morgan fingerprint density at radius 1 is 0.861 bits per heavy atom. The van der Waals surface area contributed by atoms with Gasteiger partial charge in [0.25, 0.3) is 0 Å². The van der Waals surface area contributed by atoms with Crippen molar-refractivity contribution in [2.45, 2.75) is 6.92 Å². The molecule has 5 aromatic rings. The van der Waals surface area contributed by atoms with Crippen LogP contribution >= 0.6 is 0 Å². The Morgan fingerprint density at radius 2 is 1.56 bits per heavy atom. The predicted octanol–water partition coefficient (Wildman–Crippen LogP) is 6.20. The van der Waals surface area contributed by atoms with Crippen LogP contribution in [0.3, 0.4) is 0 Å². The average Bonchev–Trinajstić information content (AvgIpc) is 3.36. The molecule has 0 saturated carbocycles. The second-order valence-corrected chi connectivity index (χ2v) is 8.69. The number of nitrogens with zero attached hydrogens (tertiary/aromatic N) is 2. The lowest BCUT2D eigenvalue weighted by atomic mass is 9.93. The van der Waals surface area contributed by atoms with E-state index in [0.717, 1.165) is 50.7 Å². The second-order valence-electron chi connectivity index (χ2n) is 8.69. The van der Waals surface area contributed by atoms with Gasteiger partial charge in [0.1, 0.15) is 18.9 Å². The summed E-state index contributed by atoms with van der Waals surface area (Å²) in [7, 11) is 1.38. The molecule has 0 fully saturated rings. The monoisotopic (exact) mass is 476 g/mol. The van der Waals surface area contributed by atoms with Crippen molar-refractivity contribution in [3.05, 3.63) is 96.3 Å². The molecule has 36 heavy (non-hydrogen) atoms. The van der Waals surface area contributed by atoms with Gasteiger partial charge in [-0.05, 0) is 71.1 Å². The fraction of sp³-hybridized carbons (Fsp3) is 0.133. The van der Waals surface area contributed by atoms with Crippen molar-refractivity contribution in [1.82, 2.24) is 9.38 Å². The van der Waals surface area contributed by atoms with Crippen molar-refractivity contribution in [3.8, 4) is 45.0 Å². The van der Waals surface area contributed by atoms with Crippen molar-refractivity contribution in [3.63, 3.8) is 0 Å². The lowest BCUT2D eigenvalue weighted by molar-refractivity contribution is 0.0600. The summed E-state index contributed by atoms with van der Waals surface area (Å²) in [5, 5.41) is 0. The van der Waals surface area contributed by atoms with Gasteiger partial charge in [0, 0.05) is 11.8 Å². The molecule has 3 heterocycles. The highest BCUT2D eigenvalue weighted by Gasteiger charge is 2.15. The SMILES string of the molecule is COC(=O)c1ccc(-c2cnc3cc(-c4cccc(-c5ccc6c(c5)OCCO6)c4C)ccn23)cc1. The van der Waals surface area contributed by atoms with Crippen LogP contribution in [0, 0.1) is 6.92 Å². The first kappa shape index (κ1) is 21.9. The number of pyridine rings is 1. The van der Waals surface area contributed by atoms with Crippen molar-refractivity contribution < 1.29 is 19.0 Å². The zero-order chi connectivity index (χ0) is 24.6. The second kappa shape index (κ2) is 8.89. The third-order valence-electron chi connectivity index (χ3n) is 6.61. The zero-order valence-electron chi connectivity index (χ0n) is 20.0. The molecule has 0 N–H and O–H groups in total. The molecule has 0 bridgehead atoms. The number of rotatable bonds is 4. The summed E-state index contributed by atoms with van der Waals surface area (Å²) in [6.45, 7) is 3.29. The number of hydrogen-bond donors (Lipinski definition) is 0. The highest BCUT2D eigenvalue weighted by Crippen LogP contribution is 2.38. The quantitative estimate of drug-likeness (QED) is 0.289. The Balaban J connectivity index is 1.35. The van der Waals surface area contributed by atoms with E-state index in [2.05, 4.69) is 58.8 Å².